The molecule has 3 fully saturated rings. The van der Waals surface area contributed by atoms with Crippen LogP contribution in [0, 0.1) is 46.3 Å². The number of benzene rings is 2. The second-order valence-corrected chi connectivity index (χ2v) is 18.0. The highest BCUT2D eigenvalue weighted by Crippen LogP contribution is 2.65. The summed E-state index contributed by atoms with van der Waals surface area (Å²) in [7, 11) is 0. The average Bonchev–Trinajstić information content (AvgIpc) is 3.10. The summed E-state index contributed by atoms with van der Waals surface area (Å²) in [5, 5.41) is 1.04. The lowest BCUT2D eigenvalue weighted by atomic mass is 9.44. The normalized spacial score (nSPS) is 30.9. The third kappa shape index (κ3) is 7.44. The van der Waals surface area contributed by atoms with Crippen molar-refractivity contribution in [2.45, 2.75) is 118 Å². The second kappa shape index (κ2) is 14.8. The molecule has 7 rings (SSSR count). The maximum Gasteiger partial charge on any atom is 0.344 e. The van der Waals surface area contributed by atoms with Gasteiger partial charge in [-0.05, 0) is 115 Å². The number of esters is 1. The van der Waals surface area contributed by atoms with Crippen molar-refractivity contribution >= 4 is 28.5 Å². The molecule has 1 heterocycles. The number of allylic oxidation sites excluding steroid dienone is 1. The van der Waals surface area contributed by atoms with Crippen molar-refractivity contribution in [3.8, 4) is 16.9 Å². The first-order chi connectivity index (χ1) is 24.4. The number of hydrogen-bond donors (Lipinski definition) is 0. The molecule has 274 valence electrons. The quantitative estimate of drug-likeness (QED) is 0.119. The SMILES string of the molecule is CC(C)CCC[C@H](C)[C@H]1CC[C@@H]2[C@@H]3CC=C4C[C@H](OC(=O)COc5cc6oc(=O)cc(-c7ccccc7)c6cc5Cl)CC[C@]4(C)[C@@H]3CC[C@]2(C)C1. The number of ether oxygens (including phenoxy) is 2. The Balaban J connectivity index is 0.959. The second-order valence-electron chi connectivity index (χ2n) is 17.6. The Kier molecular flexibility index (Phi) is 10.5. The van der Waals surface area contributed by atoms with Crippen LogP contribution in [0.5, 0.6) is 5.75 Å². The lowest BCUT2D eigenvalue weighted by Crippen LogP contribution is -2.52. The first kappa shape index (κ1) is 36.3. The summed E-state index contributed by atoms with van der Waals surface area (Å²) in [5.41, 5.74) is 3.69. The Morgan fingerprint density at radius 2 is 1.78 bits per heavy atom. The zero-order chi connectivity index (χ0) is 35.9. The topological polar surface area (TPSA) is 65.7 Å². The molecule has 0 spiro atoms. The van der Waals surface area contributed by atoms with Crippen molar-refractivity contribution in [3.05, 3.63) is 75.6 Å². The van der Waals surface area contributed by atoms with Gasteiger partial charge < -0.3 is 13.9 Å². The minimum Gasteiger partial charge on any atom is -0.480 e. The fourth-order valence-electron chi connectivity index (χ4n) is 11.1. The van der Waals surface area contributed by atoms with Crippen LogP contribution < -0.4 is 10.4 Å². The van der Waals surface area contributed by atoms with E-state index < -0.39 is 11.6 Å². The Morgan fingerprint density at radius 3 is 2.57 bits per heavy atom. The molecule has 0 amide bonds. The van der Waals surface area contributed by atoms with Crippen LogP contribution in [0.4, 0.5) is 0 Å². The molecule has 4 aliphatic carbocycles. The summed E-state index contributed by atoms with van der Waals surface area (Å²) < 4.78 is 17.4. The van der Waals surface area contributed by atoms with Gasteiger partial charge in [0.2, 0.25) is 0 Å². The molecule has 1 aromatic heterocycles. The summed E-state index contributed by atoms with van der Waals surface area (Å²) in [5.74, 6) is 4.76. The molecule has 51 heavy (non-hydrogen) atoms. The predicted molar refractivity (Wildman–Crippen MR) is 206 cm³/mol. The summed E-state index contributed by atoms with van der Waals surface area (Å²) in [6.07, 6.45) is 17.4. The van der Waals surface area contributed by atoms with Crippen molar-refractivity contribution in [1.82, 2.24) is 0 Å². The minimum atomic E-state index is -0.464. The van der Waals surface area contributed by atoms with Gasteiger partial charge in [0, 0.05) is 23.9 Å². The van der Waals surface area contributed by atoms with Gasteiger partial charge >= 0.3 is 11.6 Å². The Hall–Kier alpha value is -3.05. The molecule has 2 aromatic carbocycles. The highest BCUT2D eigenvalue weighted by Gasteiger charge is 2.56. The van der Waals surface area contributed by atoms with E-state index in [1.807, 2.05) is 30.3 Å². The van der Waals surface area contributed by atoms with Crippen LogP contribution in [-0.2, 0) is 9.53 Å². The first-order valence-corrected chi connectivity index (χ1v) is 20.2. The number of carbonyl (C=O) groups is 1. The summed E-state index contributed by atoms with van der Waals surface area (Å²) >= 11 is 6.62. The third-order valence-electron chi connectivity index (χ3n) is 13.9. The van der Waals surface area contributed by atoms with E-state index in [2.05, 4.69) is 40.7 Å². The summed E-state index contributed by atoms with van der Waals surface area (Å²) in [4.78, 5) is 25.5. The molecule has 0 N–H and O–H groups in total. The fraction of sp³-hybridized carbons (Fsp3) is 0.600. The summed E-state index contributed by atoms with van der Waals surface area (Å²) in [6.45, 7) is 12.1. The number of fused-ring (bicyclic) bond motifs is 6. The highest BCUT2D eigenvalue weighted by molar-refractivity contribution is 6.33. The molecule has 6 heteroatoms. The Morgan fingerprint density at radius 1 is 0.980 bits per heavy atom. The number of carbonyl (C=O) groups excluding carboxylic acids is 1. The maximum absolute atomic E-state index is 13.1. The molecule has 3 saturated carbocycles. The number of rotatable bonds is 10. The maximum atomic E-state index is 13.1. The molecule has 0 saturated heterocycles. The molecule has 5 nitrogen and oxygen atoms in total. The van der Waals surface area contributed by atoms with Crippen LogP contribution in [0.3, 0.4) is 0 Å². The third-order valence-corrected chi connectivity index (χ3v) is 14.2. The molecule has 0 bridgehead atoms. The van der Waals surface area contributed by atoms with E-state index in [9.17, 15) is 9.59 Å². The predicted octanol–water partition coefficient (Wildman–Crippen LogP) is 11.8. The van der Waals surface area contributed by atoms with Gasteiger partial charge in [0.25, 0.3) is 0 Å². The van der Waals surface area contributed by atoms with Gasteiger partial charge in [-0.15, -0.1) is 0 Å². The van der Waals surface area contributed by atoms with E-state index in [0.717, 1.165) is 65.9 Å². The van der Waals surface area contributed by atoms with E-state index in [-0.39, 0.29) is 23.9 Å². The van der Waals surface area contributed by atoms with Gasteiger partial charge in [-0.3, -0.25) is 0 Å². The van der Waals surface area contributed by atoms with E-state index >= 15 is 0 Å². The number of halogens is 1. The smallest absolute Gasteiger partial charge is 0.344 e. The largest absolute Gasteiger partial charge is 0.480 e. The minimum absolute atomic E-state index is 0.142. The van der Waals surface area contributed by atoms with Gasteiger partial charge in [-0.2, -0.15) is 0 Å². The molecule has 4 aliphatic rings. The monoisotopic (exact) mass is 712 g/mol. The fourth-order valence-corrected chi connectivity index (χ4v) is 11.3. The van der Waals surface area contributed by atoms with Gasteiger partial charge in [-0.25, -0.2) is 9.59 Å². The molecule has 8 atom stereocenters. The van der Waals surface area contributed by atoms with Gasteiger partial charge in [0.15, 0.2) is 6.61 Å². The van der Waals surface area contributed by atoms with Crippen molar-refractivity contribution in [1.29, 1.82) is 0 Å². The van der Waals surface area contributed by atoms with Crippen LogP contribution in [0.25, 0.3) is 22.1 Å². The molecule has 0 radical (unpaired) electrons. The van der Waals surface area contributed by atoms with Crippen LogP contribution in [0.1, 0.15) is 112 Å². The average molecular weight is 713 g/mol. The van der Waals surface area contributed by atoms with Crippen LogP contribution in [0.2, 0.25) is 5.02 Å². The summed E-state index contributed by atoms with van der Waals surface area (Å²) in [6, 6.07) is 14.4. The Bertz CT molecular complexity index is 1810. The van der Waals surface area contributed by atoms with E-state index in [1.54, 1.807) is 12.1 Å². The standard InChI is InChI=1S/C45H57ClO5/c1-28(2)10-9-11-29(3)31-14-17-37-34-16-15-32-22-33(18-21-45(32,5)38(34)19-20-44(37,4)26-31)50-43(48)27-49-41-25-40-36(23-39(41)46)35(24-42(47)51-40)30-12-7-6-8-13-30/h6-8,12-13,15,23-25,28-29,31,33-34,37-38H,9-11,14,16-22,26-27H2,1-5H3/t29-,31-,33+,34-,37+,38+,44+,45-/m0/s1. The zero-order valence-electron chi connectivity index (χ0n) is 31.3. The van der Waals surface area contributed by atoms with Crippen molar-refractivity contribution in [2.24, 2.45) is 46.3 Å². The number of hydrogen-bond acceptors (Lipinski definition) is 5. The molecule has 0 unspecified atom stereocenters. The van der Waals surface area contributed by atoms with Gasteiger partial charge in [0.05, 0.1) is 5.02 Å². The first-order valence-electron chi connectivity index (χ1n) is 19.8. The van der Waals surface area contributed by atoms with Crippen LogP contribution >= 0.6 is 11.6 Å². The zero-order valence-corrected chi connectivity index (χ0v) is 32.1. The van der Waals surface area contributed by atoms with E-state index in [0.29, 0.717) is 21.4 Å². The van der Waals surface area contributed by atoms with Gasteiger partial charge in [0.1, 0.15) is 17.4 Å². The molecular formula is C45H57ClO5. The lowest BCUT2D eigenvalue weighted by molar-refractivity contribution is -0.154. The molecular weight excluding hydrogens is 656 g/mol. The van der Waals surface area contributed by atoms with E-state index in [1.165, 1.54) is 69.4 Å². The lowest BCUT2D eigenvalue weighted by Gasteiger charge is -2.61. The van der Waals surface area contributed by atoms with Crippen LogP contribution in [0.15, 0.2) is 69.4 Å². The highest BCUT2D eigenvalue weighted by atomic mass is 35.5. The molecule has 0 aliphatic heterocycles. The Labute approximate surface area is 309 Å². The van der Waals surface area contributed by atoms with Crippen molar-refractivity contribution in [2.75, 3.05) is 6.61 Å². The van der Waals surface area contributed by atoms with Gasteiger partial charge in [-0.1, -0.05) is 107 Å². The van der Waals surface area contributed by atoms with Crippen molar-refractivity contribution < 1.29 is 18.7 Å². The van der Waals surface area contributed by atoms with E-state index in [4.69, 9.17) is 25.5 Å². The van der Waals surface area contributed by atoms with Crippen LogP contribution in [-0.4, -0.2) is 18.7 Å². The molecule has 3 aromatic rings. The van der Waals surface area contributed by atoms with Crippen molar-refractivity contribution in [3.63, 3.8) is 0 Å².